The summed E-state index contributed by atoms with van der Waals surface area (Å²) >= 11 is 13.2. The topological polar surface area (TPSA) is 74.2 Å². The first-order chi connectivity index (χ1) is 9.19. The highest BCUT2D eigenvalue weighted by atomic mass is 35.5. The van der Waals surface area contributed by atoms with Gasteiger partial charge in [0.2, 0.25) is 5.89 Å². The predicted molar refractivity (Wildman–Crippen MR) is 74.9 cm³/mol. The molecular formula is C11H11Cl2N3O2S. The van der Waals surface area contributed by atoms with Crippen LogP contribution in [-0.2, 0) is 6.54 Å². The second-order valence-corrected chi connectivity index (χ2v) is 5.33. The molecule has 1 heterocycles. The average molecular weight is 320 g/mol. The predicted octanol–water partition coefficient (Wildman–Crippen LogP) is 3.01. The minimum atomic E-state index is 0.241. The van der Waals surface area contributed by atoms with Crippen molar-refractivity contribution in [2.45, 2.75) is 11.8 Å². The van der Waals surface area contributed by atoms with Gasteiger partial charge in [-0.2, -0.15) is 0 Å². The molecule has 0 aliphatic rings. The van der Waals surface area contributed by atoms with Crippen LogP contribution in [0.15, 0.2) is 27.8 Å². The summed E-state index contributed by atoms with van der Waals surface area (Å²) in [6.07, 6.45) is 0. The lowest BCUT2D eigenvalue weighted by Crippen LogP contribution is -2.00. The van der Waals surface area contributed by atoms with Crippen LogP contribution in [0, 0.1) is 0 Å². The first kappa shape index (κ1) is 14.5. The lowest BCUT2D eigenvalue weighted by atomic mass is 10.3. The van der Waals surface area contributed by atoms with E-state index in [0.717, 1.165) is 0 Å². The zero-order chi connectivity index (χ0) is 13.7. The van der Waals surface area contributed by atoms with E-state index in [2.05, 4.69) is 10.2 Å². The number of nitrogens with two attached hydrogens (primary N) is 1. The lowest BCUT2D eigenvalue weighted by Gasteiger charge is -2.06. The Hall–Kier alpha value is -0.950. The van der Waals surface area contributed by atoms with E-state index < -0.39 is 0 Å². The normalized spacial score (nSPS) is 10.7. The second-order valence-electron chi connectivity index (χ2n) is 3.44. The fourth-order valence-corrected chi connectivity index (χ4v) is 2.31. The molecular weight excluding hydrogens is 309 g/mol. The van der Waals surface area contributed by atoms with Crippen molar-refractivity contribution >= 4 is 35.0 Å². The van der Waals surface area contributed by atoms with E-state index in [4.69, 9.17) is 38.1 Å². The number of rotatable bonds is 6. The van der Waals surface area contributed by atoms with Crippen LogP contribution in [0.1, 0.15) is 5.89 Å². The monoisotopic (exact) mass is 319 g/mol. The number of nitrogens with zero attached hydrogens (tertiary/aromatic N) is 2. The summed E-state index contributed by atoms with van der Waals surface area (Å²) in [7, 11) is 0. The van der Waals surface area contributed by atoms with Crippen molar-refractivity contribution in [1.29, 1.82) is 0 Å². The van der Waals surface area contributed by atoms with Crippen LogP contribution in [-0.4, -0.2) is 22.6 Å². The molecule has 0 fully saturated rings. The van der Waals surface area contributed by atoms with Crippen molar-refractivity contribution in [2.75, 3.05) is 12.4 Å². The van der Waals surface area contributed by atoms with Crippen LogP contribution < -0.4 is 10.5 Å². The molecule has 19 heavy (non-hydrogen) atoms. The number of halogens is 2. The van der Waals surface area contributed by atoms with Gasteiger partial charge in [0.25, 0.3) is 5.22 Å². The Labute approximate surface area is 124 Å². The molecule has 2 N–H and O–H groups in total. The molecule has 0 saturated heterocycles. The van der Waals surface area contributed by atoms with Crippen molar-refractivity contribution in [3.8, 4) is 5.75 Å². The molecule has 0 radical (unpaired) electrons. The van der Waals surface area contributed by atoms with E-state index >= 15 is 0 Å². The minimum Gasteiger partial charge on any atom is -0.491 e. The van der Waals surface area contributed by atoms with Gasteiger partial charge in [-0.15, -0.1) is 10.2 Å². The van der Waals surface area contributed by atoms with Gasteiger partial charge >= 0.3 is 0 Å². The van der Waals surface area contributed by atoms with Crippen molar-refractivity contribution in [3.05, 3.63) is 34.1 Å². The number of aromatic nitrogens is 2. The molecule has 0 aliphatic heterocycles. The molecule has 0 aliphatic carbocycles. The summed E-state index contributed by atoms with van der Waals surface area (Å²) in [5.41, 5.74) is 5.37. The maximum absolute atomic E-state index is 5.98. The second kappa shape index (κ2) is 7.00. The molecule has 0 unspecified atom stereocenters. The number of ether oxygens (including phenoxy) is 1. The van der Waals surface area contributed by atoms with Crippen molar-refractivity contribution in [2.24, 2.45) is 5.73 Å². The van der Waals surface area contributed by atoms with Gasteiger partial charge in [-0.05, 0) is 18.2 Å². The minimum absolute atomic E-state index is 0.241. The molecule has 2 aromatic rings. The fourth-order valence-electron chi connectivity index (χ4n) is 1.25. The van der Waals surface area contributed by atoms with Gasteiger partial charge in [0, 0.05) is 10.8 Å². The van der Waals surface area contributed by atoms with Crippen molar-refractivity contribution < 1.29 is 9.15 Å². The molecule has 0 spiro atoms. The van der Waals surface area contributed by atoms with Gasteiger partial charge in [-0.25, -0.2) is 0 Å². The Morgan fingerprint density at radius 3 is 2.84 bits per heavy atom. The smallest absolute Gasteiger partial charge is 0.276 e. The van der Waals surface area contributed by atoms with E-state index in [9.17, 15) is 0 Å². The number of benzene rings is 1. The highest BCUT2D eigenvalue weighted by Gasteiger charge is 2.06. The van der Waals surface area contributed by atoms with E-state index in [-0.39, 0.29) is 6.54 Å². The van der Waals surface area contributed by atoms with Crippen LogP contribution >= 0.6 is 35.0 Å². The highest BCUT2D eigenvalue weighted by Crippen LogP contribution is 2.27. The van der Waals surface area contributed by atoms with Gasteiger partial charge in [-0.3, -0.25) is 0 Å². The Kier molecular flexibility index (Phi) is 5.33. The number of hydrogen-bond donors (Lipinski definition) is 1. The molecule has 0 amide bonds. The Bertz CT molecular complexity index is 550. The summed E-state index contributed by atoms with van der Waals surface area (Å²) < 4.78 is 10.8. The molecule has 0 saturated carbocycles. The Morgan fingerprint density at radius 1 is 1.32 bits per heavy atom. The molecule has 8 heteroatoms. The third-order valence-corrected chi connectivity index (χ3v) is 3.40. The Morgan fingerprint density at radius 2 is 2.16 bits per heavy atom. The van der Waals surface area contributed by atoms with Crippen LogP contribution in [0.5, 0.6) is 5.75 Å². The standard InChI is InChI=1S/C11H11Cl2N3O2S/c12-7-1-2-9(8(13)5-7)17-3-4-19-11-16-15-10(6-14)18-11/h1-2,5H,3-4,6,14H2. The van der Waals surface area contributed by atoms with Gasteiger partial charge in [-0.1, -0.05) is 35.0 Å². The third-order valence-electron chi connectivity index (χ3n) is 2.08. The maximum atomic E-state index is 5.98. The summed E-state index contributed by atoms with van der Waals surface area (Å²) in [5.74, 6) is 1.68. The van der Waals surface area contributed by atoms with Crippen molar-refractivity contribution in [3.63, 3.8) is 0 Å². The molecule has 2 rings (SSSR count). The van der Waals surface area contributed by atoms with Crippen molar-refractivity contribution in [1.82, 2.24) is 10.2 Å². The molecule has 102 valence electrons. The maximum Gasteiger partial charge on any atom is 0.276 e. The zero-order valence-corrected chi connectivity index (χ0v) is 12.1. The van der Waals surface area contributed by atoms with Crippen LogP contribution in [0.25, 0.3) is 0 Å². The number of hydrogen-bond acceptors (Lipinski definition) is 6. The SMILES string of the molecule is NCc1nnc(SCCOc2ccc(Cl)cc2Cl)o1. The lowest BCUT2D eigenvalue weighted by molar-refractivity contribution is 0.343. The van der Waals surface area contributed by atoms with E-state index in [1.54, 1.807) is 18.2 Å². The quantitative estimate of drug-likeness (QED) is 0.651. The number of thioether (sulfide) groups is 1. The average Bonchev–Trinajstić information content (AvgIpc) is 2.84. The fraction of sp³-hybridized carbons (Fsp3) is 0.273. The van der Waals surface area contributed by atoms with Gasteiger partial charge in [0.15, 0.2) is 0 Å². The van der Waals surface area contributed by atoms with E-state index in [1.165, 1.54) is 11.8 Å². The van der Waals surface area contributed by atoms with Gasteiger partial charge in [0.1, 0.15) is 5.75 Å². The largest absolute Gasteiger partial charge is 0.491 e. The molecule has 0 bridgehead atoms. The summed E-state index contributed by atoms with van der Waals surface area (Å²) in [4.78, 5) is 0. The molecule has 1 aromatic heterocycles. The summed E-state index contributed by atoms with van der Waals surface area (Å²) in [6.45, 7) is 0.705. The molecule has 1 aromatic carbocycles. The van der Waals surface area contributed by atoms with Crippen LogP contribution in [0.3, 0.4) is 0 Å². The first-order valence-electron chi connectivity index (χ1n) is 5.42. The van der Waals surface area contributed by atoms with Gasteiger partial charge in [0.05, 0.1) is 18.2 Å². The van der Waals surface area contributed by atoms with Crippen LogP contribution in [0.4, 0.5) is 0 Å². The first-order valence-corrected chi connectivity index (χ1v) is 7.16. The summed E-state index contributed by atoms with van der Waals surface area (Å²) in [6, 6.07) is 5.09. The highest BCUT2D eigenvalue weighted by molar-refractivity contribution is 7.99. The van der Waals surface area contributed by atoms with E-state index in [1.807, 2.05) is 0 Å². The van der Waals surface area contributed by atoms with Gasteiger partial charge < -0.3 is 14.9 Å². The third kappa shape index (κ3) is 4.28. The molecule has 0 atom stereocenters. The van der Waals surface area contributed by atoms with Crippen LogP contribution in [0.2, 0.25) is 10.0 Å². The molecule has 5 nitrogen and oxygen atoms in total. The van der Waals surface area contributed by atoms with E-state index in [0.29, 0.717) is 39.3 Å². The zero-order valence-electron chi connectivity index (χ0n) is 9.81. The Balaban J connectivity index is 1.77. The summed E-state index contributed by atoms with van der Waals surface area (Å²) in [5, 5.41) is 9.12.